The Morgan fingerprint density at radius 3 is 2.68 bits per heavy atom. The van der Waals surface area contributed by atoms with E-state index >= 15 is 0 Å². The van der Waals surface area contributed by atoms with Gasteiger partial charge in [0.25, 0.3) is 0 Å². The Morgan fingerprint density at radius 1 is 1.41 bits per heavy atom. The van der Waals surface area contributed by atoms with Gasteiger partial charge in [-0.1, -0.05) is 0 Å². The fourth-order valence-corrected chi connectivity index (χ4v) is 2.39. The number of hydrogen-bond acceptors (Lipinski definition) is 5. The molecule has 6 heteroatoms. The molecular weight excluding hydrogens is 284 g/mol. The number of Topliss-reactive ketones (excluding diaryl/α,β-unsaturated/α-hetero) is 1. The molecule has 0 aromatic heterocycles. The van der Waals surface area contributed by atoms with E-state index in [4.69, 9.17) is 15.6 Å². The van der Waals surface area contributed by atoms with Gasteiger partial charge in [-0.05, 0) is 51.0 Å². The zero-order valence-electron chi connectivity index (χ0n) is 13.1. The van der Waals surface area contributed by atoms with Gasteiger partial charge in [0.15, 0.2) is 5.78 Å². The van der Waals surface area contributed by atoms with Gasteiger partial charge in [0.05, 0.1) is 12.1 Å². The molecule has 0 bridgehead atoms. The van der Waals surface area contributed by atoms with E-state index in [0.717, 1.165) is 11.3 Å². The highest BCUT2D eigenvalue weighted by molar-refractivity contribution is 5.98. The lowest BCUT2D eigenvalue weighted by Gasteiger charge is -2.24. The Kier molecular flexibility index (Phi) is 4.53. The monoisotopic (exact) mass is 306 g/mol. The van der Waals surface area contributed by atoms with Gasteiger partial charge in [-0.2, -0.15) is 0 Å². The molecule has 0 radical (unpaired) electrons. The van der Waals surface area contributed by atoms with Gasteiger partial charge in [-0.25, -0.2) is 4.79 Å². The number of amides is 1. The quantitative estimate of drug-likeness (QED) is 0.656. The molecule has 120 valence electrons. The normalized spacial score (nSPS) is 15.4. The van der Waals surface area contributed by atoms with E-state index in [1.165, 1.54) is 0 Å². The Morgan fingerprint density at radius 2 is 2.09 bits per heavy atom. The molecule has 1 aliphatic heterocycles. The maximum absolute atomic E-state index is 12.2. The Labute approximate surface area is 129 Å². The van der Waals surface area contributed by atoms with Crippen LogP contribution in [0.1, 0.15) is 43.1 Å². The summed E-state index contributed by atoms with van der Waals surface area (Å²) in [6.07, 6.45) is -0.989. The number of benzene rings is 1. The zero-order chi connectivity index (χ0) is 16.5. The smallest absolute Gasteiger partial charge is 0.414 e. The van der Waals surface area contributed by atoms with Crippen molar-refractivity contribution in [1.29, 1.82) is 0 Å². The Balaban J connectivity index is 2.17. The number of carbonyl (C=O) groups excluding carboxylic acids is 2. The first-order valence-electron chi connectivity index (χ1n) is 7.27. The summed E-state index contributed by atoms with van der Waals surface area (Å²) in [6, 6.07) is 5.14. The molecule has 3 N–H and O–H groups in total. The number of rotatable bonds is 3. The lowest BCUT2D eigenvalue weighted by atomic mass is 10.0. The fourth-order valence-electron chi connectivity index (χ4n) is 2.39. The predicted octanol–water partition coefficient (Wildman–Crippen LogP) is 1.83. The van der Waals surface area contributed by atoms with Gasteiger partial charge in [0.2, 0.25) is 0 Å². The largest absolute Gasteiger partial charge is 0.443 e. The van der Waals surface area contributed by atoms with Gasteiger partial charge in [-0.3, -0.25) is 9.69 Å². The lowest BCUT2D eigenvalue weighted by molar-refractivity contribution is 0.0583. The summed E-state index contributed by atoms with van der Waals surface area (Å²) < 4.78 is 5.38. The average Bonchev–Trinajstić information content (AvgIpc) is 2.78. The number of aliphatic hydroxyl groups excluding tert-OH is 1. The van der Waals surface area contributed by atoms with Crippen LogP contribution in [0.4, 0.5) is 10.5 Å². The highest BCUT2D eigenvalue weighted by Gasteiger charge is 2.29. The first kappa shape index (κ1) is 16.5. The van der Waals surface area contributed by atoms with Crippen LogP contribution in [0.3, 0.4) is 0 Å². The Hall–Kier alpha value is -1.92. The summed E-state index contributed by atoms with van der Waals surface area (Å²) in [7, 11) is 0. The van der Waals surface area contributed by atoms with Gasteiger partial charge in [-0.15, -0.1) is 0 Å². The lowest BCUT2D eigenvalue weighted by Crippen LogP contribution is -2.35. The minimum absolute atomic E-state index is 0.117. The third-order valence-electron chi connectivity index (χ3n) is 3.31. The second kappa shape index (κ2) is 6.06. The number of ketones is 1. The molecule has 1 atom stereocenters. The number of fused-ring (bicyclic) bond motifs is 1. The van der Waals surface area contributed by atoms with Crippen LogP contribution in [-0.4, -0.2) is 35.4 Å². The van der Waals surface area contributed by atoms with E-state index in [9.17, 15) is 9.59 Å². The van der Waals surface area contributed by atoms with Crippen LogP contribution >= 0.6 is 0 Å². The zero-order valence-corrected chi connectivity index (χ0v) is 13.1. The SMILES string of the molecule is CC(C)(C)OC(=O)N1CCc2cc(C(=O)CC(N)O)ccc21. The third-order valence-corrected chi connectivity index (χ3v) is 3.31. The van der Waals surface area contributed by atoms with E-state index in [1.54, 1.807) is 23.1 Å². The molecule has 1 aromatic rings. The molecule has 1 aliphatic rings. The summed E-state index contributed by atoms with van der Waals surface area (Å²) >= 11 is 0. The van der Waals surface area contributed by atoms with Crippen LogP contribution in [-0.2, 0) is 11.2 Å². The van der Waals surface area contributed by atoms with E-state index in [2.05, 4.69) is 0 Å². The van der Waals surface area contributed by atoms with E-state index in [-0.39, 0.29) is 18.3 Å². The minimum Gasteiger partial charge on any atom is -0.443 e. The number of nitrogens with zero attached hydrogens (tertiary/aromatic N) is 1. The summed E-state index contributed by atoms with van der Waals surface area (Å²) in [5.74, 6) is -0.214. The summed E-state index contributed by atoms with van der Waals surface area (Å²) in [5.41, 5.74) is 6.86. The molecule has 0 aliphatic carbocycles. The first-order valence-corrected chi connectivity index (χ1v) is 7.27. The highest BCUT2D eigenvalue weighted by Crippen LogP contribution is 2.30. The molecule has 0 saturated carbocycles. The maximum atomic E-state index is 12.2. The second-order valence-electron chi connectivity index (χ2n) is 6.42. The fraction of sp³-hybridized carbons (Fsp3) is 0.500. The molecule has 0 saturated heterocycles. The standard InChI is InChI=1S/C16H22N2O4/c1-16(2,3)22-15(21)18-7-6-10-8-11(4-5-12(10)18)13(19)9-14(17)20/h4-5,8,14,20H,6-7,9,17H2,1-3H3. The summed E-state index contributed by atoms with van der Waals surface area (Å²) in [5, 5.41) is 9.09. The van der Waals surface area contributed by atoms with E-state index in [1.807, 2.05) is 20.8 Å². The molecule has 1 heterocycles. The van der Waals surface area contributed by atoms with Crippen LogP contribution in [0.25, 0.3) is 0 Å². The summed E-state index contributed by atoms with van der Waals surface area (Å²) in [4.78, 5) is 25.7. The number of nitrogens with two attached hydrogens (primary N) is 1. The van der Waals surface area contributed by atoms with Crippen molar-refractivity contribution in [2.24, 2.45) is 5.73 Å². The van der Waals surface area contributed by atoms with E-state index in [0.29, 0.717) is 18.5 Å². The molecule has 0 spiro atoms. The average molecular weight is 306 g/mol. The maximum Gasteiger partial charge on any atom is 0.414 e. The first-order chi connectivity index (χ1) is 10.2. The number of hydrogen-bond donors (Lipinski definition) is 2. The molecule has 2 rings (SSSR count). The highest BCUT2D eigenvalue weighted by atomic mass is 16.6. The van der Waals surface area contributed by atoms with Crippen molar-refractivity contribution in [2.75, 3.05) is 11.4 Å². The number of anilines is 1. The molecule has 0 fully saturated rings. The molecule has 1 aromatic carbocycles. The van der Waals surface area contributed by atoms with Crippen molar-refractivity contribution in [3.05, 3.63) is 29.3 Å². The third kappa shape index (κ3) is 3.84. The number of ether oxygens (including phenoxy) is 1. The number of aliphatic hydroxyl groups is 1. The van der Waals surface area contributed by atoms with Crippen molar-refractivity contribution in [2.45, 2.75) is 45.4 Å². The minimum atomic E-state index is -1.15. The molecule has 1 amide bonds. The molecule has 22 heavy (non-hydrogen) atoms. The molecular formula is C16H22N2O4. The van der Waals surface area contributed by atoms with Crippen LogP contribution in [0, 0.1) is 0 Å². The van der Waals surface area contributed by atoms with Crippen LogP contribution in [0.15, 0.2) is 18.2 Å². The van der Waals surface area contributed by atoms with E-state index < -0.39 is 11.8 Å². The van der Waals surface area contributed by atoms with Gasteiger partial charge in [0.1, 0.15) is 11.8 Å². The van der Waals surface area contributed by atoms with Gasteiger partial charge >= 0.3 is 6.09 Å². The predicted molar refractivity (Wildman–Crippen MR) is 82.9 cm³/mol. The Bertz CT molecular complexity index is 590. The van der Waals surface area contributed by atoms with Crippen molar-refractivity contribution in [1.82, 2.24) is 0 Å². The van der Waals surface area contributed by atoms with Crippen LogP contribution in [0.2, 0.25) is 0 Å². The number of carbonyl (C=O) groups is 2. The van der Waals surface area contributed by atoms with Gasteiger partial charge < -0.3 is 15.6 Å². The van der Waals surface area contributed by atoms with Crippen molar-refractivity contribution >= 4 is 17.6 Å². The summed E-state index contributed by atoms with van der Waals surface area (Å²) in [6.45, 7) is 5.99. The van der Waals surface area contributed by atoms with Crippen molar-refractivity contribution < 1.29 is 19.4 Å². The second-order valence-corrected chi connectivity index (χ2v) is 6.42. The van der Waals surface area contributed by atoms with Crippen LogP contribution in [0.5, 0.6) is 0 Å². The van der Waals surface area contributed by atoms with Crippen molar-refractivity contribution in [3.63, 3.8) is 0 Å². The molecule has 6 nitrogen and oxygen atoms in total. The topological polar surface area (TPSA) is 92.9 Å². The van der Waals surface area contributed by atoms with Crippen molar-refractivity contribution in [3.8, 4) is 0 Å². The van der Waals surface area contributed by atoms with Gasteiger partial charge in [0, 0.05) is 12.1 Å². The molecule has 1 unspecified atom stereocenters. The van der Waals surface area contributed by atoms with Crippen LogP contribution < -0.4 is 10.6 Å².